The van der Waals surface area contributed by atoms with Gasteiger partial charge in [0.2, 0.25) is 5.89 Å². The lowest BCUT2D eigenvalue weighted by atomic mass is 10.2. The van der Waals surface area contributed by atoms with Crippen LogP contribution in [0.2, 0.25) is 0 Å². The van der Waals surface area contributed by atoms with E-state index in [1.54, 1.807) is 6.92 Å². The van der Waals surface area contributed by atoms with E-state index in [9.17, 15) is 0 Å². The highest BCUT2D eigenvalue weighted by Crippen LogP contribution is 2.26. The van der Waals surface area contributed by atoms with Gasteiger partial charge in [-0.15, -0.1) is 11.6 Å². The molecule has 1 aromatic carbocycles. The van der Waals surface area contributed by atoms with Crippen molar-refractivity contribution in [3.8, 4) is 0 Å². The summed E-state index contributed by atoms with van der Waals surface area (Å²) in [7, 11) is 0. The van der Waals surface area contributed by atoms with Crippen LogP contribution in [0.15, 0.2) is 22.7 Å². The monoisotopic (exact) mass is 304 g/mol. The maximum atomic E-state index is 6.28. The van der Waals surface area contributed by atoms with Crippen LogP contribution in [0, 0.1) is 13.8 Å². The van der Waals surface area contributed by atoms with Gasteiger partial charge in [-0.3, -0.25) is 0 Å². The second-order valence-corrected chi connectivity index (χ2v) is 5.81. The van der Waals surface area contributed by atoms with Crippen molar-refractivity contribution < 1.29 is 4.52 Å². The quantitative estimate of drug-likeness (QED) is 0.691. The van der Waals surface area contributed by atoms with Gasteiger partial charge in [0.25, 0.3) is 0 Å². The Hall–Kier alpha value is -1.88. The molecule has 0 N–H and O–H groups in total. The number of hydrogen-bond acceptors (Lipinski definition) is 4. The van der Waals surface area contributed by atoms with Crippen LogP contribution in [0.25, 0.3) is 11.0 Å². The third-order valence-electron chi connectivity index (χ3n) is 3.48. The lowest BCUT2D eigenvalue weighted by molar-refractivity contribution is 0.386. The molecule has 0 aliphatic carbocycles. The number of aryl methyl sites for hydroxylation is 4. The molecule has 6 heteroatoms. The highest BCUT2D eigenvalue weighted by Gasteiger charge is 2.16. The number of imidazole rings is 1. The molecule has 0 aliphatic heterocycles. The average Bonchev–Trinajstić information content (AvgIpc) is 3.01. The first-order valence-corrected chi connectivity index (χ1v) is 7.39. The zero-order valence-corrected chi connectivity index (χ0v) is 13.1. The molecular formula is C15H17ClN4O. The van der Waals surface area contributed by atoms with Gasteiger partial charge in [0.15, 0.2) is 5.82 Å². The summed E-state index contributed by atoms with van der Waals surface area (Å²) in [5, 5.41) is 3.79. The average molecular weight is 305 g/mol. The predicted molar refractivity (Wildman–Crippen MR) is 81.5 cm³/mol. The summed E-state index contributed by atoms with van der Waals surface area (Å²) in [5.41, 5.74) is 3.29. The number of rotatable bonds is 4. The molecule has 3 rings (SSSR count). The Morgan fingerprint density at radius 2 is 2.10 bits per heavy atom. The summed E-state index contributed by atoms with van der Waals surface area (Å²) in [4.78, 5) is 8.90. The molecule has 0 fully saturated rings. The molecule has 0 aliphatic rings. The molecule has 0 radical (unpaired) electrons. The van der Waals surface area contributed by atoms with Crippen LogP contribution in [-0.4, -0.2) is 19.7 Å². The van der Waals surface area contributed by atoms with Crippen molar-refractivity contribution in [2.45, 2.75) is 39.1 Å². The maximum absolute atomic E-state index is 6.28. The fourth-order valence-corrected chi connectivity index (χ4v) is 2.73. The van der Waals surface area contributed by atoms with Gasteiger partial charge in [0.05, 0.1) is 16.4 Å². The third kappa shape index (κ3) is 2.65. The van der Waals surface area contributed by atoms with E-state index in [1.165, 1.54) is 5.56 Å². The van der Waals surface area contributed by atoms with Gasteiger partial charge < -0.3 is 9.09 Å². The molecule has 110 valence electrons. The van der Waals surface area contributed by atoms with Crippen molar-refractivity contribution in [2.75, 3.05) is 0 Å². The van der Waals surface area contributed by atoms with Gasteiger partial charge in [0.1, 0.15) is 5.82 Å². The zero-order chi connectivity index (χ0) is 15.0. The fourth-order valence-electron chi connectivity index (χ4n) is 2.57. The molecule has 1 atom stereocenters. The van der Waals surface area contributed by atoms with Crippen LogP contribution in [0.3, 0.4) is 0 Å². The van der Waals surface area contributed by atoms with E-state index in [0.717, 1.165) is 23.4 Å². The van der Waals surface area contributed by atoms with Crippen LogP contribution >= 0.6 is 11.6 Å². The molecular weight excluding hydrogens is 288 g/mol. The first-order chi connectivity index (χ1) is 10.1. The van der Waals surface area contributed by atoms with E-state index in [2.05, 4.69) is 32.7 Å². The number of benzene rings is 1. The van der Waals surface area contributed by atoms with Gasteiger partial charge in [-0.25, -0.2) is 4.98 Å². The predicted octanol–water partition coefficient (Wildman–Crippen LogP) is 3.58. The standard InChI is InChI=1S/C15H17ClN4O/c1-9-5-4-6-12-14(9)20(15(18-12)10(2)16)8-7-13-17-11(3)21-19-13/h4-6,10H,7-8H2,1-3H3. The van der Waals surface area contributed by atoms with E-state index < -0.39 is 0 Å². The molecule has 0 spiro atoms. The van der Waals surface area contributed by atoms with Crippen LogP contribution in [0.5, 0.6) is 0 Å². The van der Waals surface area contributed by atoms with Crippen molar-refractivity contribution in [2.24, 2.45) is 0 Å². The largest absolute Gasteiger partial charge is 0.340 e. The van der Waals surface area contributed by atoms with Gasteiger partial charge in [0, 0.05) is 19.9 Å². The highest BCUT2D eigenvalue weighted by molar-refractivity contribution is 6.20. The Morgan fingerprint density at radius 3 is 2.76 bits per heavy atom. The van der Waals surface area contributed by atoms with Crippen LogP contribution in [0.1, 0.15) is 35.4 Å². The molecule has 0 bridgehead atoms. The van der Waals surface area contributed by atoms with Gasteiger partial charge >= 0.3 is 0 Å². The number of halogens is 1. The molecule has 1 unspecified atom stereocenters. The Labute approximate surface area is 127 Å². The van der Waals surface area contributed by atoms with Crippen molar-refractivity contribution in [3.63, 3.8) is 0 Å². The van der Waals surface area contributed by atoms with Crippen molar-refractivity contribution in [1.29, 1.82) is 0 Å². The number of para-hydroxylation sites is 1. The third-order valence-corrected chi connectivity index (χ3v) is 3.68. The van der Waals surface area contributed by atoms with Crippen molar-refractivity contribution in [3.05, 3.63) is 41.3 Å². The minimum Gasteiger partial charge on any atom is -0.340 e. The van der Waals surface area contributed by atoms with Crippen LogP contribution < -0.4 is 0 Å². The topological polar surface area (TPSA) is 56.7 Å². The summed E-state index contributed by atoms with van der Waals surface area (Å²) in [5.74, 6) is 2.17. The van der Waals surface area contributed by atoms with Gasteiger partial charge in [-0.2, -0.15) is 4.98 Å². The molecule has 21 heavy (non-hydrogen) atoms. The zero-order valence-electron chi connectivity index (χ0n) is 12.3. The van der Waals surface area contributed by atoms with Crippen molar-refractivity contribution in [1.82, 2.24) is 19.7 Å². The van der Waals surface area contributed by atoms with Crippen molar-refractivity contribution >= 4 is 22.6 Å². The highest BCUT2D eigenvalue weighted by atomic mass is 35.5. The van der Waals surface area contributed by atoms with Gasteiger partial charge in [-0.05, 0) is 25.5 Å². The van der Waals surface area contributed by atoms with E-state index in [0.29, 0.717) is 18.1 Å². The number of nitrogens with zero attached hydrogens (tertiary/aromatic N) is 4. The molecule has 0 saturated heterocycles. The number of hydrogen-bond donors (Lipinski definition) is 0. The second-order valence-electron chi connectivity index (χ2n) is 5.16. The molecule has 2 heterocycles. The van der Waals surface area contributed by atoms with Gasteiger partial charge in [-0.1, -0.05) is 17.3 Å². The number of alkyl halides is 1. The Bertz CT molecular complexity index is 775. The van der Waals surface area contributed by atoms with E-state index in [4.69, 9.17) is 16.1 Å². The Morgan fingerprint density at radius 1 is 1.29 bits per heavy atom. The summed E-state index contributed by atoms with van der Waals surface area (Å²) in [6.07, 6.45) is 0.688. The molecule has 0 amide bonds. The summed E-state index contributed by atoms with van der Waals surface area (Å²) < 4.78 is 7.17. The summed E-state index contributed by atoms with van der Waals surface area (Å²) in [6.45, 7) is 6.54. The Balaban J connectivity index is 2.00. The molecule has 3 aromatic rings. The lowest BCUT2D eigenvalue weighted by Gasteiger charge is -2.10. The summed E-state index contributed by atoms with van der Waals surface area (Å²) >= 11 is 6.28. The first-order valence-electron chi connectivity index (χ1n) is 6.95. The van der Waals surface area contributed by atoms with E-state index in [-0.39, 0.29) is 5.38 Å². The second kappa shape index (κ2) is 5.48. The first kappa shape index (κ1) is 14.1. The minimum atomic E-state index is -0.149. The minimum absolute atomic E-state index is 0.149. The SMILES string of the molecule is Cc1nc(CCn2c(C(C)Cl)nc3cccc(C)c32)no1. The number of aromatic nitrogens is 4. The summed E-state index contributed by atoms with van der Waals surface area (Å²) in [6, 6.07) is 6.11. The Kier molecular flexibility index (Phi) is 3.68. The van der Waals surface area contributed by atoms with E-state index >= 15 is 0 Å². The molecule has 5 nitrogen and oxygen atoms in total. The maximum Gasteiger partial charge on any atom is 0.223 e. The normalized spacial score (nSPS) is 13.0. The smallest absolute Gasteiger partial charge is 0.223 e. The van der Waals surface area contributed by atoms with Crippen LogP contribution in [-0.2, 0) is 13.0 Å². The molecule has 2 aromatic heterocycles. The van der Waals surface area contributed by atoms with Crippen LogP contribution in [0.4, 0.5) is 0 Å². The fraction of sp³-hybridized carbons (Fsp3) is 0.400. The van der Waals surface area contributed by atoms with E-state index in [1.807, 2.05) is 19.1 Å². The molecule has 0 saturated carbocycles. The lowest BCUT2D eigenvalue weighted by Crippen LogP contribution is -2.08. The number of fused-ring (bicyclic) bond motifs is 1.